The van der Waals surface area contributed by atoms with E-state index in [4.69, 9.17) is 21.1 Å². The standard InChI is InChI=1S/C33H34ClN3O4/c1-40-29-20-25-16-19-37(22-26(25)21-30(29)41-2)18-15-23-11-13-27(14-12-23)35-32(39)28-10-6-7-17-33(28,34)36-31(38)24-8-4-3-5-9-24/h3-14,17,20-21,28H,15-16,18-19,22H2,1-2H3,(H,35,39)(H,36,38). The lowest BCUT2D eigenvalue weighted by Crippen LogP contribution is -2.52. The van der Waals surface area contributed by atoms with Crippen LogP contribution in [0.25, 0.3) is 0 Å². The second kappa shape index (κ2) is 12.6. The lowest BCUT2D eigenvalue weighted by molar-refractivity contribution is -0.119. The van der Waals surface area contributed by atoms with Crippen LogP contribution < -0.4 is 20.1 Å². The highest BCUT2D eigenvalue weighted by Gasteiger charge is 2.40. The number of ether oxygens (including phenoxy) is 2. The Labute approximate surface area is 245 Å². The highest BCUT2D eigenvalue weighted by molar-refractivity contribution is 6.28. The molecular formula is C33H34ClN3O4. The van der Waals surface area contributed by atoms with Gasteiger partial charge >= 0.3 is 0 Å². The SMILES string of the molecule is COc1cc2c(cc1OC)CN(CCc1ccc(NC(=O)C3C=CC=CC3(Cl)NC(=O)c3ccccc3)cc1)CC2. The van der Waals surface area contributed by atoms with E-state index in [9.17, 15) is 9.59 Å². The van der Waals surface area contributed by atoms with Crippen LogP contribution >= 0.6 is 11.6 Å². The zero-order chi connectivity index (χ0) is 28.8. The fourth-order valence-corrected chi connectivity index (χ4v) is 5.57. The van der Waals surface area contributed by atoms with Gasteiger partial charge < -0.3 is 20.1 Å². The first-order valence-electron chi connectivity index (χ1n) is 13.7. The zero-order valence-electron chi connectivity index (χ0n) is 23.2. The van der Waals surface area contributed by atoms with Crippen molar-refractivity contribution in [2.75, 3.05) is 32.6 Å². The van der Waals surface area contributed by atoms with Gasteiger partial charge in [-0.05, 0) is 72.0 Å². The third-order valence-electron chi connectivity index (χ3n) is 7.56. The molecule has 2 aliphatic rings. The number of amides is 2. The number of nitrogens with one attached hydrogen (secondary N) is 2. The molecule has 2 amide bonds. The van der Waals surface area contributed by atoms with Crippen molar-refractivity contribution in [3.63, 3.8) is 0 Å². The molecule has 1 aliphatic carbocycles. The number of carbonyl (C=O) groups is 2. The number of carbonyl (C=O) groups excluding carboxylic acids is 2. The van der Waals surface area contributed by atoms with Crippen molar-refractivity contribution < 1.29 is 19.1 Å². The smallest absolute Gasteiger partial charge is 0.252 e. The molecule has 0 aromatic heterocycles. The molecule has 2 unspecified atom stereocenters. The molecule has 3 aromatic rings. The van der Waals surface area contributed by atoms with Gasteiger partial charge in [-0.1, -0.05) is 60.2 Å². The summed E-state index contributed by atoms with van der Waals surface area (Å²) in [5, 5.41) is 5.76. The Balaban J connectivity index is 1.16. The fraction of sp³-hybridized carbons (Fsp3) is 0.273. The summed E-state index contributed by atoms with van der Waals surface area (Å²) in [6, 6.07) is 20.8. The molecule has 7 nitrogen and oxygen atoms in total. The first-order valence-corrected chi connectivity index (χ1v) is 14.0. The van der Waals surface area contributed by atoms with Crippen LogP contribution in [0.3, 0.4) is 0 Å². The second-order valence-electron chi connectivity index (χ2n) is 10.2. The molecule has 3 aromatic carbocycles. The van der Waals surface area contributed by atoms with Crippen molar-refractivity contribution >= 4 is 29.1 Å². The van der Waals surface area contributed by atoms with Crippen LogP contribution in [0.4, 0.5) is 5.69 Å². The van der Waals surface area contributed by atoms with Crippen molar-refractivity contribution in [3.8, 4) is 11.5 Å². The molecule has 212 valence electrons. The van der Waals surface area contributed by atoms with Crippen LogP contribution in [0, 0.1) is 5.92 Å². The quantitative estimate of drug-likeness (QED) is 0.267. The molecule has 0 saturated carbocycles. The molecule has 5 rings (SSSR count). The van der Waals surface area contributed by atoms with Gasteiger partial charge in [0, 0.05) is 30.9 Å². The summed E-state index contributed by atoms with van der Waals surface area (Å²) in [6.07, 6.45) is 8.68. The van der Waals surface area contributed by atoms with Crippen LogP contribution in [0.1, 0.15) is 27.0 Å². The van der Waals surface area contributed by atoms with E-state index in [0.29, 0.717) is 11.3 Å². The second-order valence-corrected chi connectivity index (χ2v) is 10.9. The van der Waals surface area contributed by atoms with Crippen molar-refractivity contribution in [2.24, 2.45) is 5.92 Å². The molecule has 2 N–H and O–H groups in total. The van der Waals surface area contributed by atoms with Gasteiger partial charge in [0.05, 0.1) is 20.1 Å². The summed E-state index contributed by atoms with van der Waals surface area (Å²) in [7, 11) is 3.33. The van der Waals surface area contributed by atoms with Gasteiger partial charge in [-0.2, -0.15) is 0 Å². The number of allylic oxidation sites excluding steroid dienone is 2. The van der Waals surface area contributed by atoms with Crippen LogP contribution in [-0.4, -0.2) is 49.0 Å². The summed E-state index contributed by atoms with van der Waals surface area (Å²) in [5.74, 6) is 0.0913. The number of benzene rings is 3. The monoisotopic (exact) mass is 571 g/mol. The average molecular weight is 572 g/mol. The maximum Gasteiger partial charge on any atom is 0.252 e. The van der Waals surface area contributed by atoms with Gasteiger partial charge in [0.1, 0.15) is 5.00 Å². The topological polar surface area (TPSA) is 79.9 Å². The summed E-state index contributed by atoms with van der Waals surface area (Å²) in [6.45, 7) is 2.78. The maximum atomic E-state index is 13.2. The van der Waals surface area contributed by atoms with E-state index in [1.807, 2.05) is 30.3 Å². The van der Waals surface area contributed by atoms with Crippen LogP contribution in [0.5, 0.6) is 11.5 Å². The largest absolute Gasteiger partial charge is 0.493 e. The van der Waals surface area contributed by atoms with Gasteiger partial charge in [-0.15, -0.1) is 0 Å². The number of nitrogens with zero attached hydrogens (tertiary/aromatic N) is 1. The molecule has 0 radical (unpaired) electrons. The Morgan fingerprint density at radius 3 is 2.39 bits per heavy atom. The number of methoxy groups -OCH3 is 2. The summed E-state index contributed by atoms with van der Waals surface area (Å²) in [4.78, 5) is 27.1. The summed E-state index contributed by atoms with van der Waals surface area (Å²) in [5.41, 5.74) is 4.90. The molecule has 0 bridgehead atoms. The normalized spacial score (nSPS) is 19.7. The van der Waals surface area contributed by atoms with E-state index >= 15 is 0 Å². The molecule has 41 heavy (non-hydrogen) atoms. The van der Waals surface area contributed by atoms with Gasteiger partial charge in [-0.25, -0.2) is 0 Å². The molecule has 0 saturated heterocycles. The van der Waals surface area contributed by atoms with Crippen molar-refractivity contribution in [1.82, 2.24) is 10.2 Å². The molecule has 0 fully saturated rings. The summed E-state index contributed by atoms with van der Waals surface area (Å²) < 4.78 is 10.9. The van der Waals surface area contributed by atoms with Crippen molar-refractivity contribution in [1.29, 1.82) is 0 Å². The first kappa shape index (κ1) is 28.5. The maximum absolute atomic E-state index is 13.2. The molecule has 2 atom stereocenters. The highest BCUT2D eigenvalue weighted by atomic mass is 35.5. The van der Waals surface area contributed by atoms with E-state index in [1.54, 1.807) is 62.8 Å². The Morgan fingerprint density at radius 1 is 0.976 bits per heavy atom. The Morgan fingerprint density at radius 2 is 1.68 bits per heavy atom. The van der Waals surface area contributed by atoms with Gasteiger partial charge in [0.25, 0.3) is 5.91 Å². The van der Waals surface area contributed by atoms with Crippen LogP contribution in [-0.2, 0) is 24.2 Å². The van der Waals surface area contributed by atoms with E-state index < -0.39 is 10.9 Å². The Kier molecular flexibility index (Phi) is 8.76. The van der Waals surface area contributed by atoms with Crippen LogP contribution in [0.2, 0.25) is 0 Å². The number of rotatable bonds is 9. The predicted molar refractivity (Wildman–Crippen MR) is 162 cm³/mol. The molecular weight excluding hydrogens is 538 g/mol. The summed E-state index contributed by atoms with van der Waals surface area (Å²) >= 11 is 6.80. The number of hydrogen-bond donors (Lipinski definition) is 2. The number of anilines is 1. The third kappa shape index (κ3) is 6.64. The number of halogens is 1. The van der Waals surface area contributed by atoms with E-state index in [2.05, 4.69) is 27.7 Å². The molecule has 8 heteroatoms. The average Bonchev–Trinajstić information content (AvgIpc) is 3.00. The van der Waals surface area contributed by atoms with E-state index in [0.717, 1.165) is 44.0 Å². The molecule has 1 aliphatic heterocycles. The predicted octanol–water partition coefficient (Wildman–Crippen LogP) is 5.35. The minimum Gasteiger partial charge on any atom is -0.493 e. The van der Waals surface area contributed by atoms with Crippen LogP contribution in [0.15, 0.2) is 91.0 Å². The molecule has 0 spiro atoms. The number of fused-ring (bicyclic) bond motifs is 1. The highest BCUT2D eigenvalue weighted by Crippen LogP contribution is 2.33. The van der Waals surface area contributed by atoms with Gasteiger partial charge in [0.15, 0.2) is 11.5 Å². The molecule has 1 heterocycles. The minimum atomic E-state index is -1.38. The minimum absolute atomic E-state index is 0.305. The first-order chi connectivity index (χ1) is 19.9. The Bertz CT molecular complexity index is 1460. The van der Waals surface area contributed by atoms with Gasteiger partial charge in [0.2, 0.25) is 5.91 Å². The van der Waals surface area contributed by atoms with Crippen molar-refractivity contribution in [2.45, 2.75) is 24.4 Å². The van der Waals surface area contributed by atoms with Crippen molar-refractivity contribution in [3.05, 3.63) is 113 Å². The number of alkyl halides is 1. The van der Waals surface area contributed by atoms with Gasteiger partial charge in [-0.3, -0.25) is 14.5 Å². The van der Waals surface area contributed by atoms with E-state index in [-0.39, 0.29) is 11.8 Å². The fourth-order valence-electron chi connectivity index (χ4n) is 5.24. The Hall–Kier alpha value is -4.07. The lowest BCUT2D eigenvalue weighted by atomic mass is 9.92. The lowest BCUT2D eigenvalue weighted by Gasteiger charge is -2.32. The zero-order valence-corrected chi connectivity index (χ0v) is 24.0. The third-order valence-corrected chi connectivity index (χ3v) is 8.02. The number of hydrogen-bond acceptors (Lipinski definition) is 5. The van der Waals surface area contributed by atoms with E-state index in [1.165, 1.54) is 16.7 Å².